The van der Waals surface area contributed by atoms with Crippen molar-refractivity contribution in [1.82, 2.24) is 19.3 Å². The van der Waals surface area contributed by atoms with Gasteiger partial charge in [0.25, 0.3) is 0 Å². The highest BCUT2D eigenvalue weighted by atomic mass is 16.4. The molecule has 3 aromatic heterocycles. The van der Waals surface area contributed by atoms with Crippen LogP contribution in [0.2, 0.25) is 0 Å². The molecule has 0 bridgehead atoms. The summed E-state index contributed by atoms with van der Waals surface area (Å²) in [6, 6.07) is 18.1. The van der Waals surface area contributed by atoms with Gasteiger partial charge in [-0.2, -0.15) is 0 Å². The summed E-state index contributed by atoms with van der Waals surface area (Å²) in [5, 5.41) is 0. The van der Waals surface area contributed by atoms with Crippen molar-refractivity contribution in [1.29, 1.82) is 0 Å². The number of rotatable bonds is 3. The molecule has 0 saturated carbocycles. The highest BCUT2D eigenvalue weighted by Crippen LogP contribution is 2.30. The van der Waals surface area contributed by atoms with Crippen molar-refractivity contribution in [2.24, 2.45) is 0 Å². The van der Waals surface area contributed by atoms with Crippen molar-refractivity contribution < 1.29 is 4.42 Å². The number of anilines is 1. The molecule has 2 aromatic carbocycles. The molecule has 154 valence electrons. The molecule has 6 rings (SSSR count). The molecule has 4 heterocycles. The minimum absolute atomic E-state index is 0.456. The zero-order valence-corrected chi connectivity index (χ0v) is 16.8. The Morgan fingerprint density at radius 3 is 2.87 bits per heavy atom. The summed E-state index contributed by atoms with van der Waals surface area (Å²) in [6.45, 7) is 2.62. The molecule has 1 aliphatic rings. The van der Waals surface area contributed by atoms with Crippen molar-refractivity contribution >= 4 is 22.4 Å². The second kappa shape index (κ2) is 6.85. The van der Waals surface area contributed by atoms with Crippen LogP contribution in [0.4, 0.5) is 5.69 Å². The van der Waals surface area contributed by atoms with Crippen LogP contribution in [0.25, 0.3) is 28.0 Å². The van der Waals surface area contributed by atoms with Crippen LogP contribution in [-0.2, 0) is 19.5 Å². The molecule has 0 atom stereocenters. The van der Waals surface area contributed by atoms with Crippen LogP contribution in [0.5, 0.6) is 0 Å². The molecule has 0 saturated heterocycles. The Morgan fingerprint density at radius 1 is 1.10 bits per heavy atom. The number of nitrogens with one attached hydrogen (secondary N) is 1. The number of nitrogens with zero attached hydrogens (tertiary/aromatic N) is 3. The fourth-order valence-corrected chi connectivity index (χ4v) is 4.49. The SMILES string of the molecule is Nc1ccc2nc(-c3ccc4[nH]c(=O)oc4c3)c(CN3CCc4ccccc4C3)n2c1. The lowest BCUT2D eigenvalue weighted by Gasteiger charge is -2.28. The summed E-state index contributed by atoms with van der Waals surface area (Å²) in [5.41, 5.74) is 14.5. The van der Waals surface area contributed by atoms with Crippen LogP contribution in [0.3, 0.4) is 0 Å². The van der Waals surface area contributed by atoms with Crippen LogP contribution in [0.1, 0.15) is 16.8 Å². The third-order valence-electron chi connectivity index (χ3n) is 6.02. The number of hydrogen-bond acceptors (Lipinski definition) is 5. The summed E-state index contributed by atoms with van der Waals surface area (Å²) in [4.78, 5) is 21.6. The van der Waals surface area contributed by atoms with Gasteiger partial charge in [-0.05, 0) is 41.8 Å². The number of nitrogens with two attached hydrogens (primary N) is 1. The van der Waals surface area contributed by atoms with E-state index in [4.69, 9.17) is 15.1 Å². The largest absolute Gasteiger partial charge is 0.417 e. The maximum absolute atomic E-state index is 11.6. The van der Waals surface area contributed by atoms with Gasteiger partial charge in [0, 0.05) is 37.1 Å². The summed E-state index contributed by atoms with van der Waals surface area (Å²) >= 11 is 0. The fraction of sp³-hybridized carbons (Fsp3) is 0.167. The number of imidazole rings is 1. The summed E-state index contributed by atoms with van der Waals surface area (Å²) in [5.74, 6) is -0.456. The first-order valence-corrected chi connectivity index (χ1v) is 10.3. The van der Waals surface area contributed by atoms with E-state index in [1.165, 1.54) is 11.1 Å². The predicted octanol–water partition coefficient (Wildman–Crippen LogP) is 3.58. The number of nitrogen functional groups attached to an aromatic ring is 1. The van der Waals surface area contributed by atoms with Gasteiger partial charge in [-0.25, -0.2) is 9.78 Å². The number of fused-ring (bicyclic) bond motifs is 3. The van der Waals surface area contributed by atoms with Crippen LogP contribution >= 0.6 is 0 Å². The molecule has 3 N–H and O–H groups in total. The molecule has 0 fully saturated rings. The van der Waals surface area contributed by atoms with Gasteiger partial charge < -0.3 is 14.6 Å². The van der Waals surface area contributed by atoms with E-state index in [0.717, 1.165) is 48.7 Å². The molecule has 0 amide bonds. The van der Waals surface area contributed by atoms with E-state index in [9.17, 15) is 4.79 Å². The highest BCUT2D eigenvalue weighted by molar-refractivity contribution is 5.80. The van der Waals surface area contributed by atoms with Gasteiger partial charge in [0.05, 0.1) is 16.9 Å². The van der Waals surface area contributed by atoms with Crippen molar-refractivity contribution in [3.05, 3.63) is 88.2 Å². The number of aromatic nitrogens is 3. The first kappa shape index (κ1) is 18.0. The molecule has 0 spiro atoms. The smallest absolute Gasteiger partial charge is 0.408 e. The standard InChI is InChI=1S/C24H21N5O2/c25-18-6-8-22-27-23(16-5-7-19-21(11-16)31-24(30)26-19)20(29(22)13-18)14-28-10-9-15-3-1-2-4-17(15)12-28/h1-8,11,13H,9-10,12,14,25H2,(H,26,30). The maximum atomic E-state index is 11.6. The molecule has 5 aromatic rings. The molecule has 7 nitrogen and oxygen atoms in total. The Hall–Kier alpha value is -3.84. The van der Waals surface area contributed by atoms with Crippen LogP contribution in [0, 0.1) is 0 Å². The van der Waals surface area contributed by atoms with E-state index in [1.54, 1.807) is 0 Å². The van der Waals surface area contributed by atoms with E-state index in [0.29, 0.717) is 16.8 Å². The van der Waals surface area contributed by atoms with E-state index in [1.807, 2.05) is 36.5 Å². The zero-order chi connectivity index (χ0) is 20.9. The second-order valence-corrected chi connectivity index (χ2v) is 8.05. The molecule has 0 radical (unpaired) electrons. The van der Waals surface area contributed by atoms with Gasteiger partial charge in [-0.3, -0.25) is 9.88 Å². The Labute approximate surface area is 177 Å². The Morgan fingerprint density at radius 2 is 1.97 bits per heavy atom. The van der Waals surface area contributed by atoms with E-state index >= 15 is 0 Å². The van der Waals surface area contributed by atoms with Gasteiger partial charge in [0.1, 0.15) is 5.65 Å². The lowest BCUT2D eigenvalue weighted by atomic mass is 9.99. The van der Waals surface area contributed by atoms with Gasteiger partial charge in [-0.1, -0.05) is 30.3 Å². The van der Waals surface area contributed by atoms with Gasteiger partial charge in [0.15, 0.2) is 5.58 Å². The fourth-order valence-electron chi connectivity index (χ4n) is 4.49. The maximum Gasteiger partial charge on any atom is 0.417 e. The molecular weight excluding hydrogens is 390 g/mol. The van der Waals surface area contributed by atoms with Gasteiger partial charge in [-0.15, -0.1) is 0 Å². The highest BCUT2D eigenvalue weighted by Gasteiger charge is 2.21. The third-order valence-corrected chi connectivity index (χ3v) is 6.02. The van der Waals surface area contributed by atoms with Crippen LogP contribution < -0.4 is 11.5 Å². The molecule has 31 heavy (non-hydrogen) atoms. The first-order valence-electron chi connectivity index (χ1n) is 10.3. The second-order valence-electron chi connectivity index (χ2n) is 8.05. The average molecular weight is 411 g/mol. The summed E-state index contributed by atoms with van der Waals surface area (Å²) < 4.78 is 7.35. The number of pyridine rings is 1. The van der Waals surface area contributed by atoms with Crippen molar-refractivity contribution in [3.8, 4) is 11.3 Å². The van der Waals surface area contributed by atoms with Gasteiger partial charge in [0.2, 0.25) is 0 Å². The number of aromatic amines is 1. The average Bonchev–Trinajstić information content (AvgIpc) is 3.32. The number of oxazole rings is 1. The molecule has 0 aliphatic carbocycles. The lowest BCUT2D eigenvalue weighted by Crippen LogP contribution is -2.30. The first-order chi connectivity index (χ1) is 15.1. The summed E-state index contributed by atoms with van der Waals surface area (Å²) in [6.07, 6.45) is 2.96. The molecule has 7 heteroatoms. The van der Waals surface area contributed by atoms with E-state index in [2.05, 4.69) is 38.6 Å². The molecule has 0 unspecified atom stereocenters. The van der Waals surface area contributed by atoms with Crippen molar-refractivity contribution in [2.45, 2.75) is 19.5 Å². The Bertz CT molecular complexity index is 1490. The molecular formula is C24H21N5O2. The van der Waals surface area contributed by atoms with E-state index < -0.39 is 5.76 Å². The minimum Gasteiger partial charge on any atom is -0.408 e. The quantitative estimate of drug-likeness (QED) is 0.473. The monoisotopic (exact) mass is 411 g/mol. The number of benzene rings is 2. The lowest BCUT2D eigenvalue weighted by molar-refractivity contribution is 0.242. The third kappa shape index (κ3) is 3.10. The number of H-pyrrole nitrogens is 1. The zero-order valence-electron chi connectivity index (χ0n) is 16.8. The van der Waals surface area contributed by atoms with Crippen molar-refractivity contribution in [3.63, 3.8) is 0 Å². The van der Waals surface area contributed by atoms with Crippen LogP contribution in [-0.4, -0.2) is 25.8 Å². The normalized spacial score (nSPS) is 14.3. The van der Waals surface area contributed by atoms with Crippen molar-refractivity contribution in [2.75, 3.05) is 12.3 Å². The predicted molar refractivity (Wildman–Crippen MR) is 120 cm³/mol. The van der Waals surface area contributed by atoms with E-state index in [-0.39, 0.29) is 0 Å². The topological polar surface area (TPSA) is 92.6 Å². The molecule has 1 aliphatic heterocycles. The summed E-state index contributed by atoms with van der Waals surface area (Å²) in [7, 11) is 0. The Balaban J connectivity index is 1.46. The van der Waals surface area contributed by atoms with Crippen LogP contribution in [0.15, 0.2) is 70.0 Å². The minimum atomic E-state index is -0.456. The Kier molecular flexibility index (Phi) is 3.97. The van der Waals surface area contributed by atoms with Gasteiger partial charge >= 0.3 is 5.76 Å². The number of hydrogen-bond donors (Lipinski definition) is 2.